The zero-order valence-corrected chi connectivity index (χ0v) is 26.6. The number of hydrogen-bond acceptors (Lipinski definition) is 4. The maximum absolute atomic E-state index is 9.81. The van der Waals surface area contributed by atoms with Crippen molar-refractivity contribution < 1.29 is 15.4 Å². The van der Waals surface area contributed by atoms with Crippen molar-refractivity contribution in [1.82, 2.24) is 24.1 Å². The van der Waals surface area contributed by atoms with Crippen LogP contribution in [0.3, 0.4) is 0 Å². The second-order valence-electron chi connectivity index (χ2n) is 12.3. The predicted molar refractivity (Wildman–Crippen MR) is 207 cm³/mol. The fraction of sp³-hybridized carbons (Fsp3) is 0. The first-order valence-corrected chi connectivity index (χ1v) is 16.4. The first-order chi connectivity index (χ1) is 28.6. The average Bonchev–Trinajstić information content (AvgIpc) is 3.92. The number of hydrogen-bond donors (Lipinski definition) is 0. The zero-order chi connectivity index (χ0) is 40.4. The lowest BCUT2D eigenvalue weighted by Crippen LogP contribution is -2.06. The van der Waals surface area contributed by atoms with Gasteiger partial charge in [-0.15, -0.1) is 0 Å². The van der Waals surface area contributed by atoms with E-state index in [9.17, 15) is 5.48 Å². The molecule has 238 valence electrons. The van der Waals surface area contributed by atoms with Gasteiger partial charge in [-0.25, -0.2) is 4.98 Å². The Morgan fingerprint density at radius 1 is 0.451 bits per heavy atom. The monoisotopic (exact) mass is 661 g/mol. The van der Waals surface area contributed by atoms with Crippen LogP contribution in [0.1, 0.15) is 11.0 Å². The summed E-state index contributed by atoms with van der Waals surface area (Å²) in [5.74, 6) is 0.669. The van der Waals surface area contributed by atoms with E-state index in [4.69, 9.17) is 24.9 Å². The highest BCUT2D eigenvalue weighted by Gasteiger charge is 2.23. The van der Waals surface area contributed by atoms with E-state index in [-0.39, 0.29) is 76.4 Å². The predicted octanol–water partition coefficient (Wildman–Crippen LogP) is 11.3. The summed E-state index contributed by atoms with van der Waals surface area (Å²) in [5, 5.41) is 3.10. The molecule has 7 aromatic carbocycles. The molecule has 0 saturated heterocycles. The number of para-hydroxylation sites is 3. The number of aromatic nitrogens is 5. The van der Waals surface area contributed by atoms with Crippen molar-refractivity contribution in [3.8, 4) is 34.4 Å². The number of furan rings is 1. The molecule has 0 N–H and O–H groups in total. The molecule has 0 aliphatic carbocycles. The number of nitrogens with zero attached hydrogens (tertiary/aromatic N) is 5. The molecule has 0 spiro atoms. The first-order valence-electron chi connectivity index (χ1n) is 20.4. The normalized spacial score (nSPS) is 14.1. The molecule has 51 heavy (non-hydrogen) atoms. The molecule has 0 bridgehead atoms. The van der Waals surface area contributed by atoms with E-state index < -0.39 is 0 Å². The van der Waals surface area contributed by atoms with Gasteiger partial charge in [-0.05, 0) is 48.4 Å². The van der Waals surface area contributed by atoms with Crippen molar-refractivity contribution >= 4 is 65.6 Å². The minimum atomic E-state index is -0.347. The van der Waals surface area contributed by atoms with Gasteiger partial charge in [0.05, 0.1) is 33.0 Å². The average molecular weight is 662 g/mol. The Labute approximate surface area is 302 Å². The number of benzene rings is 7. The summed E-state index contributed by atoms with van der Waals surface area (Å²) in [4.78, 5) is 14.7. The van der Waals surface area contributed by atoms with Crippen molar-refractivity contribution in [2.24, 2.45) is 0 Å². The standard InChI is InChI=1S/C45H27N5O/c1-3-13-28(14-4-1)43-46-44(29-15-5-2-6-16-29)48-45(47-43)50-36-21-11-8-19-33(36)42-38(50)25-24-37-41(42)32-18-7-10-20-35(32)49(37)30-23-26-40-34(27-30)31-17-9-12-22-39(31)51-40/h1-27H/i7D,8D,10D,11D,20D,21D,24D,25D. The Kier molecular flexibility index (Phi) is 4.44. The molecule has 6 nitrogen and oxygen atoms in total. The molecule has 0 aliphatic rings. The molecule has 0 fully saturated rings. The molecule has 6 heteroatoms. The van der Waals surface area contributed by atoms with Crippen molar-refractivity contribution in [2.45, 2.75) is 0 Å². The van der Waals surface area contributed by atoms with Gasteiger partial charge in [0.15, 0.2) is 11.6 Å². The summed E-state index contributed by atoms with van der Waals surface area (Å²) in [7, 11) is 0. The third kappa shape index (κ3) is 4.14. The lowest BCUT2D eigenvalue weighted by molar-refractivity contribution is 0.669. The van der Waals surface area contributed by atoms with Gasteiger partial charge in [0.25, 0.3) is 0 Å². The third-order valence-electron chi connectivity index (χ3n) is 9.41. The van der Waals surface area contributed by atoms with Crippen LogP contribution in [0.15, 0.2) is 168 Å². The molecule has 4 heterocycles. The van der Waals surface area contributed by atoms with Gasteiger partial charge in [-0.2, -0.15) is 9.97 Å². The Balaban J connectivity index is 1.35. The molecule has 0 unspecified atom stereocenters. The van der Waals surface area contributed by atoms with Gasteiger partial charge in [-0.1, -0.05) is 115 Å². The first kappa shape index (κ1) is 21.1. The third-order valence-corrected chi connectivity index (χ3v) is 9.41. The van der Waals surface area contributed by atoms with E-state index in [1.807, 2.05) is 97.1 Å². The Bertz CT molecular complexity index is 3540. The largest absolute Gasteiger partial charge is 0.456 e. The topological polar surface area (TPSA) is 61.7 Å². The molecular weight excluding hydrogens is 627 g/mol. The van der Waals surface area contributed by atoms with E-state index in [2.05, 4.69) is 0 Å². The second kappa shape index (κ2) is 10.7. The summed E-state index contributed by atoms with van der Waals surface area (Å²) in [6.07, 6.45) is 0. The summed E-state index contributed by atoms with van der Waals surface area (Å²) in [6, 6.07) is 32.7. The molecule has 0 radical (unpaired) electrons. The summed E-state index contributed by atoms with van der Waals surface area (Å²) in [6.45, 7) is 0. The fourth-order valence-electron chi connectivity index (χ4n) is 7.18. The summed E-state index contributed by atoms with van der Waals surface area (Å²) in [5.41, 5.74) is 4.01. The van der Waals surface area contributed by atoms with E-state index in [0.717, 1.165) is 10.8 Å². The van der Waals surface area contributed by atoms with Crippen molar-refractivity contribution in [3.63, 3.8) is 0 Å². The Morgan fingerprint density at radius 2 is 1.02 bits per heavy atom. The van der Waals surface area contributed by atoms with E-state index in [0.29, 0.717) is 61.2 Å². The van der Waals surface area contributed by atoms with Gasteiger partial charge in [0, 0.05) is 49.1 Å². The Morgan fingerprint density at radius 3 is 1.69 bits per heavy atom. The molecule has 0 saturated carbocycles. The van der Waals surface area contributed by atoms with Gasteiger partial charge in [0.1, 0.15) is 11.2 Å². The minimum Gasteiger partial charge on any atom is -0.456 e. The minimum absolute atomic E-state index is 0.0346. The lowest BCUT2D eigenvalue weighted by Gasteiger charge is -2.11. The smallest absolute Gasteiger partial charge is 0.238 e. The highest BCUT2D eigenvalue weighted by molar-refractivity contribution is 6.29. The highest BCUT2D eigenvalue weighted by atomic mass is 16.3. The van der Waals surface area contributed by atoms with Gasteiger partial charge in [0.2, 0.25) is 5.95 Å². The maximum atomic E-state index is 9.81. The van der Waals surface area contributed by atoms with Crippen LogP contribution < -0.4 is 0 Å². The van der Waals surface area contributed by atoms with Gasteiger partial charge >= 0.3 is 0 Å². The zero-order valence-electron chi connectivity index (χ0n) is 34.6. The van der Waals surface area contributed by atoms with Crippen LogP contribution in [-0.2, 0) is 0 Å². The maximum Gasteiger partial charge on any atom is 0.238 e. The van der Waals surface area contributed by atoms with Crippen LogP contribution in [0.4, 0.5) is 0 Å². The SMILES string of the molecule is [2H]c1cc2c3c4c5cc([2H])c([2H])c([2H])c5n(-c5nc(-c6ccccc6)nc(-c6ccccc6)n5)c4c([2H])c([2H])c3n(-c3ccc4oc5ccccc5c4c3)c2c([2H])c1[2H]. The summed E-state index contributed by atoms with van der Waals surface area (Å²) < 4.78 is 82.7. The van der Waals surface area contributed by atoms with Crippen molar-refractivity contribution in [2.75, 3.05) is 0 Å². The van der Waals surface area contributed by atoms with E-state index >= 15 is 0 Å². The van der Waals surface area contributed by atoms with Crippen LogP contribution in [0.5, 0.6) is 0 Å². The van der Waals surface area contributed by atoms with Crippen molar-refractivity contribution in [1.29, 1.82) is 0 Å². The highest BCUT2D eigenvalue weighted by Crippen LogP contribution is 2.43. The molecule has 4 aromatic heterocycles. The number of fused-ring (bicyclic) bond motifs is 10. The Hall–Kier alpha value is -7.05. The molecule has 11 rings (SSSR count). The molecular formula is C45H27N5O. The lowest BCUT2D eigenvalue weighted by atomic mass is 10.1. The number of rotatable bonds is 4. The van der Waals surface area contributed by atoms with E-state index in [1.165, 1.54) is 16.7 Å². The van der Waals surface area contributed by atoms with Crippen LogP contribution in [0, 0.1) is 0 Å². The molecule has 0 amide bonds. The molecule has 0 atom stereocenters. The van der Waals surface area contributed by atoms with Crippen LogP contribution >= 0.6 is 0 Å². The van der Waals surface area contributed by atoms with E-state index in [1.54, 1.807) is 10.6 Å². The second-order valence-corrected chi connectivity index (χ2v) is 12.3. The fourth-order valence-corrected chi connectivity index (χ4v) is 7.18. The molecule has 11 aromatic rings. The van der Waals surface area contributed by atoms with Crippen LogP contribution in [0.2, 0.25) is 0 Å². The summed E-state index contributed by atoms with van der Waals surface area (Å²) >= 11 is 0. The quantitative estimate of drug-likeness (QED) is 0.188. The van der Waals surface area contributed by atoms with Gasteiger partial charge < -0.3 is 8.98 Å². The van der Waals surface area contributed by atoms with Crippen LogP contribution in [0.25, 0.3) is 100.0 Å². The van der Waals surface area contributed by atoms with Crippen LogP contribution in [-0.4, -0.2) is 24.1 Å². The molecule has 0 aliphatic heterocycles. The van der Waals surface area contributed by atoms with Gasteiger partial charge in [-0.3, -0.25) is 4.57 Å². The van der Waals surface area contributed by atoms with Crippen molar-refractivity contribution in [3.05, 3.63) is 164 Å².